The van der Waals surface area contributed by atoms with Crippen molar-refractivity contribution in [2.24, 2.45) is 11.7 Å². The molecule has 2 heterocycles. The minimum Gasteiger partial charge on any atom is -0.326 e. The lowest BCUT2D eigenvalue weighted by Crippen LogP contribution is -2.46. The zero-order valence-electron chi connectivity index (χ0n) is 11.6. The van der Waals surface area contributed by atoms with Crippen LogP contribution in [0.4, 0.5) is 13.2 Å². The summed E-state index contributed by atoms with van der Waals surface area (Å²) in [7, 11) is 0. The Bertz CT molecular complexity index is 397. The van der Waals surface area contributed by atoms with Crippen molar-refractivity contribution in [3.63, 3.8) is 0 Å². The van der Waals surface area contributed by atoms with E-state index < -0.39 is 12.1 Å². The number of rotatable bonds is 4. The van der Waals surface area contributed by atoms with Crippen molar-refractivity contribution in [3.8, 4) is 0 Å². The Hall–Kier alpha value is -0.590. The summed E-state index contributed by atoms with van der Waals surface area (Å²) in [5.74, 6) is -1.15. The van der Waals surface area contributed by atoms with E-state index in [0.29, 0.717) is 13.1 Å². The van der Waals surface area contributed by atoms with Crippen molar-refractivity contribution in [1.29, 1.82) is 0 Å². The Morgan fingerprint density at radius 1 is 1.40 bits per heavy atom. The van der Waals surface area contributed by atoms with Crippen LogP contribution in [0.3, 0.4) is 0 Å². The number of hydrogen-bond acceptors (Lipinski definition) is 3. The fourth-order valence-electron chi connectivity index (χ4n) is 2.85. The molecule has 1 saturated heterocycles. The lowest BCUT2D eigenvalue weighted by atomic mass is 9.93. The number of nitrogens with two attached hydrogens (primary N) is 1. The maximum absolute atomic E-state index is 12.7. The molecular weight excluding hydrogens is 285 g/mol. The highest BCUT2D eigenvalue weighted by Gasteiger charge is 2.42. The van der Waals surface area contributed by atoms with E-state index in [4.69, 9.17) is 5.73 Å². The van der Waals surface area contributed by atoms with E-state index in [2.05, 4.69) is 4.90 Å². The maximum atomic E-state index is 12.7. The van der Waals surface area contributed by atoms with E-state index in [1.54, 1.807) is 11.3 Å². The molecule has 0 spiro atoms. The molecule has 0 bridgehead atoms. The van der Waals surface area contributed by atoms with Crippen LogP contribution in [-0.4, -0.2) is 30.2 Å². The molecule has 1 aromatic rings. The molecular formula is C14H21F3N2S. The molecule has 2 atom stereocenters. The SMILES string of the molecule is CCC(N)C(c1cccs1)N1CCC(C(F)(F)F)CC1. The Labute approximate surface area is 121 Å². The fraction of sp³-hybridized carbons (Fsp3) is 0.714. The fourth-order valence-corrected chi connectivity index (χ4v) is 3.78. The summed E-state index contributed by atoms with van der Waals surface area (Å²) in [6, 6.07) is 4.02. The molecule has 20 heavy (non-hydrogen) atoms. The van der Waals surface area contributed by atoms with Gasteiger partial charge in [0.1, 0.15) is 0 Å². The van der Waals surface area contributed by atoms with Crippen LogP contribution in [0.2, 0.25) is 0 Å². The van der Waals surface area contributed by atoms with Crippen molar-refractivity contribution in [1.82, 2.24) is 4.90 Å². The summed E-state index contributed by atoms with van der Waals surface area (Å²) in [5, 5.41) is 1.99. The summed E-state index contributed by atoms with van der Waals surface area (Å²) in [5.41, 5.74) is 6.20. The van der Waals surface area contributed by atoms with Crippen molar-refractivity contribution in [3.05, 3.63) is 22.4 Å². The van der Waals surface area contributed by atoms with Crippen LogP contribution >= 0.6 is 11.3 Å². The van der Waals surface area contributed by atoms with Crippen LogP contribution in [0, 0.1) is 5.92 Å². The third-order valence-corrected chi connectivity index (χ3v) is 5.04. The van der Waals surface area contributed by atoms with E-state index in [0.717, 1.165) is 11.3 Å². The number of hydrogen-bond donors (Lipinski definition) is 1. The predicted molar refractivity (Wildman–Crippen MR) is 75.7 cm³/mol. The van der Waals surface area contributed by atoms with Crippen molar-refractivity contribution >= 4 is 11.3 Å². The van der Waals surface area contributed by atoms with Crippen molar-refractivity contribution in [2.75, 3.05) is 13.1 Å². The van der Waals surface area contributed by atoms with Crippen LogP contribution in [0.1, 0.15) is 37.1 Å². The van der Waals surface area contributed by atoms with Crippen LogP contribution in [0.15, 0.2) is 17.5 Å². The standard InChI is InChI=1S/C14H21F3N2S/c1-2-11(18)13(12-4-3-9-20-12)19-7-5-10(6-8-19)14(15,16)17/h3-4,9-11,13H,2,5-8,18H2,1H3. The Balaban J connectivity index is 2.06. The Kier molecular flexibility index (Phi) is 5.09. The summed E-state index contributed by atoms with van der Waals surface area (Å²) in [6.07, 6.45) is -2.87. The Morgan fingerprint density at radius 3 is 2.50 bits per heavy atom. The monoisotopic (exact) mass is 306 g/mol. The molecule has 0 radical (unpaired) electrons. The molecule has 2 unspecified atom stereocenters. The van der Waals surface area contributed by atoms with Gasteiger partial charge in [0.05, 0.1) is 12.0 Å². The molecule has 1 aliphatic rings. The third-order valence-electron chi connectivity index (χ3n) is 4.10. The van der Waals surface area contributed by atoms with Crippen LogP contribution in [0.5, 0.6) is 0 Å². The zero-order chi connectivity index (χ0) is 14.8. The van der Waals surface area contributed by atoms with Gasteiger partial charge >= 0.3 is 6.18 Å². The molecule has 2 rings (SSSR count). The van der Waals surface area contributed by atoms with E-state index in [1.807, 2.05) is 24.4 Å². The van der Waals surface area contributed by atoms with E-state index in [-0.39, 0.29) is 24.9 Å². The molecule has 1 aromatic heterocycles. The molecule has 1 aliphatic heterocycles. The molecule has 0 aromatic carbocycles. The van der Waals surface area contributed by atoms with Gasteiger partial charge in [0, 0.05) is 10.9 Å². The van der Waals surface area contributed by atoms with Crippen LogP contribution in [0.25, 0.3) is 0 Å². The smallest absolute Gasteiger partial charge is 0.326 e. The normalized spacial score (nSPS) is 21.9. The highest BCUT2D eigenvalue weighted by atomic mass is 32.1. The maximum Gasteiger partial charge on any atom is 0.391 e. The third kappa shape index (κ3) is 3.54. The van der Waals surface area contributed by atoms with Gasteiger partial charge in [-0.3, -0.25) is 4.90 Å². The lowest BCUT2D eigenvalue weighted by Gasteiger charge is -2.40. The number of likely N-dealkylation sites (tertiary alicyclic amines) is 1. The van der Waals surface area contributed by atoms with Gasteiger partial charge in [-0.1, -0.05) is 13.0 Å². The van der Waals surface area contributed by atoms with Gasteiger partial charge in [0.25, 0.3) is 0 Å². The van der Waals surface area contributed by atoms with Gasteiger partial charge < -0.3 is 5.73 Å². The summed E-state index contributed by atoms with van der Waals surface area (Å²) >= 11 is 1.63. The van der Waals surface area contributed by atoms with Crippen molar-refractivity contribution in [2.45, 2.75) is 44.4 Å². The van der Waals surface area contributed by atoms with Gasteiger partial charge in [-0.15, -0.1) is 11.3 Å². The molecule has 0 amide bonds. The topological polar surface area (TPSA) is 29.3 Å². The largest absolute Gasteiger partial charge is 0.391 e. The van der Waals surface area contributed by atoms with Gasteiger partial charge in [0.2, 0.25) is 0 Å². The highest BCUT2D eigenvalue weighted by Crippen LogP contribution is 2.38. The van der Waals surface area contributed by atoms with E-state index in [9.17, 15) is 13.2 Å². The number of piperidine rings is 1. The first kappa shape index (κ1) is 15.8. The second-order valence-electron chi connectivity index (χ2n) is 5.38. The average Bonchev–Trinajstić information content (AvgIpc) is 2.92. The molecule has 6 heteroatoms. The molecule has 0 saturated carbocycles. The molecule has 0 aliphatic carbocycles. The van der Waals surface area contributed by atoms with Gasteiger partial charge in [-0.25, -0.2) is 0 Å². The first-order valence-corrected chi connectivity index (χ1v) is 7.91. The summed E-state index contributed by atoms with van der Waals surface area (Å²) in [4.78, 5) is 3.28. The molecule has 2 N–H and O–H groups in total. The second kappa shape index (κ2) is 6.45. The number of nitrogens with zero attached hydrogens (tertiary/aromatic N) is 1. The Morgan fingerprint density at radius 2 is 2.05 bits per heavy atom. The average molecular weight is 306 g/mol. The van der Waals surface area contributed by atoms with Crippen LogP contribution in [-0.2, 0) is 0 Å². The quantitative estimate of drug-likeness (QED) is 0.917. The lowest BCUT2D eigenvalue weighted by molar-refractivity contribution is -0.186. The first-order chi connectivity index (χ1) is 9.43. The predicted octanol–water partition coefficient (Wildman–Crippen LogP) is 3.80. The van der Waals surface area contributed by atoms with Crippen molar-refractivity contribution < 1.29 is 13.2 Å². The minimum atomic E-state index is -4.06. The van der Waals surface area contributed by atoms with Crippen LogP contribution < -0.4 is 5.73 Å². The molecule has 1 fully saturated rings. The number of halogens is 3. The van der Waals surface area contributed by atoms with E-state index in [1.165, 1.54) is 0 Å². The van der Waals surface area contributed by atoms with Gasteiger partial charge in [-0.05, 0) is 43.8 Å². The molecule has 2 nitrogen and oxygen atoms in total. The second-order valence-corrected chi connectivity index (χ2v) is 6.36. The highest BCUT2D eigenvalue weighted by molar-refractivity contribution is 7.10. The number of thiophene rings is 1. The van der Waals surface area contributed by atoms with E-state index >= 15 is 0 Å². The first-order valence-electron chi connectivity index (χ1n) is 7.03. The van der Waals surface area contributed by atoms with Gasteiger partial charge in [-0.2, -0.15) is 13.2 Å². The number of alkyl halides is 3. The van der Waals surface area contributed by atoms with Gasteiger partial charge in [0.15, 0.2) is 0 Å². The summed E-state index contributed by atoms with van der Waals surface area (Å²) < 4.78 is 38.2. The zero-order valence-corrected chi connectivity index (χ0v) is 12.4. The summed E-state index contributed by atoms with van der Waals surface area (Å²) in [6.45, 7) is 2.97. The molecule has 114 valence electrons. The minimum absolute atomic E-state index is 0.0314.